The van der Waals surface area contributed by atoms with Gasteiger partial charge in [-0.05, 0) is 31.2 Å². The molecule has 0 bridgehead atoms. The molecule has 128 valence electrons. The number of rotatable bonds is 3. The maximum absolute atomic E-state index is 12.6. The number of nitrogens with zero attached hydrogens (tertiary/aromatic N) is 2. The van der Waals surface area contributed by atoms with Crippen LogP contribution in [-0.4, -0.2) is 35.3 Å². The molecule has 4 rings (SSSR count). The van der Waals surface area contributed by atoms with Crippen molar-refractivity contribution in [3.05, 3.63) is 45.3 Å². The van der Waals surface area contributed by atoms with Gasteiger partial charge in [-0.2, -0.15) is 0 Å². The Morgan fingerprint density at radius 1 is 1.28 bits per heavy atom. The summed E-state index contributed by atoms with van der Waals surface area (Å²) in [5.74, 6) is -0.808. The van der Waals surface area contributed by atoms with E-state index >= 15 is 0 Å². The quantitative estimate of drug-likeness (QED) is 0.740. The number of thiophene rings is 1. The Morgan fingerprint density at radius 3 is 2.84 bits per heavy atom. The number of aromatic nitrogens is 1. The minimum absolute atomic E-state index is 0.310. The van der Waals surface area contributed by atoms with Gasteiger partial charge in [-0.3, -0.25) is 9.59 Å². The molecule has 0 aliphatic carbocycles. The number of carbonyl (C=O) groups excluding carboxylic acids is 2. The van der Waals surface area contributed by atoms with Crippen molar-refractivity contribution in [1.29, 1.82) is 0 Å². The molecule has 1 aliphatic rings. The first kappa shape index (κ1) is 16.2. The summed E-state index contributed by atoms with van der Waals surface area (Å²) in [5, 5.41) is 3.75. The van der Waals surface area contributed by atoms with Gasteiger partial charge in [0.25, 0.3) is 11.8 Å². The smallest absolute Gasteiger partial charge is 0.285 e. The van der Waals surface area contributed by atoms with Crippen molar-refractivity contribution in [3.8, 4) is 0 Å². The van der Waals surface area contributed by atoms with Gasteiger partial charge in [-0.1, -0.05) is 12.1 Å². The summed E-state index contributed by atoms with van der Waals surface area (Å²) in [7, 11) is 2.03. The number of carbonyl (C=O) groups is 2. The Balaban J connectivity index is 1.68. The van der Waals surface area contributed by atoms with Gasteiger partial charge in [-0.25, -0.2) is 4.98 Å². The summed E-state index contributed by atoms with van der Waals surface area (Å²) < 4.78 is 0.954. The lowest BCUT2D eigenvalue weighted by Crippen LogP contribution is -2.27. The number of likely N-dealkylation sites (N-methyl/N-ethyl adjacent to an activating group) is 1. The van der Waals surface area contributed by atoms with E-state index in [9.17, 15) is 9.59 Å². The second kappa shape index (κ2) is 6.21. The molecule has 0 radical (unpaired) electrons. The van der Waals surface area contributed by atoms with Crippen LogP contribution in [0.5, 0.6) is 0 Å². The lowest BCUT2D eigenvalue weighted by molar-refractivity contribution is 0.1000. The summed E-state index contributed by atoms with van der Waals surface area (Å²) >= 11 is 2.76. The monoisotopic (exact) mass is 372 g/mol. The number of hydrogen-bond acceptors (Lipinski definition) is 6. The van der Waals surface area contributed by atoms with Gasteiger partial charge >= 0.3 is 0 Å². The summed E-state index contributed by atoms with van der Waals surface area (Å²) in [6.07, 6.45) is 0.762. The van der Waals surface area contributed by atoms with Crippen molar-refractivity contribution in [3.63, 3.8) is 0 Å². The molecular weight excluding hydrogens is 356 g/mol. The maximum Gasteiger partial charge on any atom is 0.285 e. The molecule has 2 aromatic heterocycles. The zero-order valence-electron chi connectivity index (χ0n) is 13.5. The Bertz CT molecular complexity index is 959. The lowest BCUT2D eigenvalue weighted by atomic mass is 10.0. The normalized spacial score (nSPS) is 14.4. The van der Waals surface area contributed by atoms with Crippen LogP contribution in [0.4, 0.5) is 5.00 Å². The molecule has 0 saturated carbocycles. The van der Waals surface area contributed by atoms with Crippen molar-refractivity contribution in [1.82, 2.24) is 9.88 Å². The van der Waals surface area contributed by atoms with Crippen molar-refractivity contribution >= 4 is 49.7 Å². The van der Waals surface area contributed by atoms with E-state index in [1.54, 1.807) is 0 Å². The molecule has 0 spiro atoms. The molecule has 1 aromatic carbocycles. The topological polar surface area (TPSA) is 88.3 Å². The number of thiazole rings is 1. The predicted molar refractivity (Wildman–Crippen MR) is 100 cm³/mol. The van der Waals surface area contributed by atoms with Gasteiger partial charge in [-0.15, -0.1) is 22.7 Å². The van der Waals surface area contributed by atoms with Crippen LogP contribution in [0.3, 0.4) is 0 Å². The fourth-order valence-corrected chi connectivity index (χ4v) is 5.19. The number of benzene rings is 1. The Morgan fingerprint density at radius 2 is 2.08 bits per heavy atom. The summed E-state index contributed by atoms with van der Waals surface area (Å²) in [6.45, 7) is 1.63. The van der Waals surface area contributed by atoms with Crippen LogP contribution in [0.2, 0.25) is 0 Å². The number of para-hydroxylation sites is 1. The van der Waals surface area contributed by atoms with E-state index < -0.39 is 5.91 Å². The van der Waals surface area contributed by atoms with Gasteiger partial charge in [0.2, 0.25) is 0 Å². The van der Waals surface area contributed by atoms with E-state index in [0.717, 1.165) is 40.2 Å². The lowest BCUT2D eigenvalue weighted by Gasteiger charge is -2.22. The van der Waals surface area contributed by atoms with Crippen molar-refractivity contribution in [2.24, 2.45) is 5.73 Å². The van der Waals surface area contributed by atoms with Crippen molar-refractivity contribution < 1.29 is 9.59 Å². The van der Waals surface area contributed by atoms with Gasteiger partial charge in [0.1, 0.15) is 5.00 Å². The number of hydrogen-bond donors (Lipinski definition) is 2. The Hall–Kier alpha value is -2.29. The minimum Gasteiger partial charge on any atom is -0.365 e. The number of nitrogens with one attached hydrogen (secondary N) is 1. The molecule has 1 aliphatic heterocycles. The van der Waals surface area contributed by atoms with Crippen LogP contribution in [0.1, 0.15) is 30.6 Å². The highest BCUT2D eigenvalue weighted by Gasteiger charge is 2.27. The SMILES string of the molecule is CN1CCc2c(sc(NC(=O)c3nc4ccccc4s3)c2C(N)=O)C1. The van der Waals surface area contributed by atoms with Crippen LogP contribution in [0.15, 0.2) is 24.3 Å². The van der Waals surface area contributed by atoms with Crippen LogP contribution >= 0.6 is 22.7 Å². The second-order valence-electron chi connectivity index (χ2n) is 6.00. The van der Waals surface area contributed by atoms with E-state index in [2.05, 4.69) is 15.2 Å². The highest BCUT2D eigenvalue weighted by atomic mass is 32.1. The van der Waals surface area contributed by atoms with Gasteiger partial charge in [0, 0.05) is 18.0 Å². The zero-order valence-corrected chi connectivity index (χ0v) is 15.2. The summed E-state index contributed by atoms with van der Waals surface area (Å²) in [4.78, 5) is 32.2. The van der Waals surface area contributed by atoms with Gasteiger partial charge in [0.05, 0.1) is 15.8 Å². The number of nitrogens with two attached hydrogens (primary N) is 1. The first-order valence-corrected chi connectivity index (χ1v) is 9.46. The number of amides is 2. The molecule has 8 heteroatoms. The van der Waals surface area contributed by atoms with E-state index in [1.807, 2.05) is 31.3 Å². The van der Waals surface area contributed by atoms with Crippen LogP contribution < -0.4 is 11.1 Å². The number of fused-ring (bicyclic) bond motifs is 2. The highest BCUT2D eigenvalue weighted by Crippen LogP contribution is 2.37. The third-order valence-electron chi connectivity index (χ3n) is 4.21. The van der Waals surface area contributed by atoms with E-state index in [0.29, 0.717) is 15.6 Å². The predicted octanol–water partition coefficient (Wildman–Crippen LogP) is 2.70. The Labute approximate surface area is 152 Å². The molecule has 0 saturated heterocycles. The average Bonchev–Trinajstić information content (AvgIpc) is 3.15. The fourth-order valence-electron chi connectivity index (χ4n) is 3.01. The standard InChI is InChI=1S/C17H16N4O2S2/c1-21-7-6-9-12(8-21)25-16(13(9)14(18)22)20-15(23)17-19-10-4-2-3-5-11(10)24-17/h2-5H,6-8H2,1H3,(H2,18,22)(H,20,23). The van der Waals surface area contributed by atoms with E-state index in [1.165, 1.54) is 22.7 Å². The van der Waals surface area contributed by atoms with Gasteiger partial charge in [0.15, 0.2) is 5.01 Å². The molecule has 3 aromatic rings. The summed E-state index contributed by atoms with van der Waals surface area (Å²) in [5.41, 5.74) is 7.79. The largest absolute Gasteiger partial charge is 0.365 e. The van der Waals surface area contributed by atoms with Crippen LogP contribution in [-0.2, 0) is 13.0 Å². The molecular formula is C17H16N4O2S2. The molecule has 25 heavy (non-hydrogen) atoms. The average molecular weight is 372 g/mol. The van der Waals surface area contributed by atoms with Crippen molar-refractivity contribution in [2.75, 3.05) is 18.9 Å². The van der Waals surface area contributed by atoms with Crippen LogP contribution in [0, 0.1) is 0 Å². The molecule has 2 amide bonds. The third-order valence-corrected chi connectivity index (χ3v) is 6.38. The van der Waals surface area contributed by atoms with E-state index in [-0.39, 0.29) is 5.91 Å². The molecule has 3 heterocycles. The van der Waals surface area contributed by atoms with E-state index in [4.69, 9.17) is 5.73 Å². The van der Waals surface area contributed by atoms with Crippen LogP contribution in [0.25, 0.3) is 10.2 Å². The number of anilines is 1. The molecule has 0 unspecified atom stereocenters. The molecule has 6 nitrogen and oxygen atoms in total. The maximum atomic E-state index is 12.6. The number of primary amides is 1. The minimum atomic E-state index is -0.498. The second-order valence-corrected chi connectivity index (χ2v) is 8.14. The molecule has 3 N–H and O–H groups in total. The highest BCUT2D eigenvalue weighted by molar-refractivity contribution is 7.20. The summed E-state index contributed by atoms with van der Waals surface area (Å²) in [6, 6.07) is 7.60. The molecule has 0 fully saturated rings. The molecule has 0 atom stereocenters. The zero-order chi connectivity index (χ0) is 17.6. The first-order chi connectivity index (χ1) is 12.0. The third kappa shape index (κ3) is 2.92. The Kier molecular flexibility index (Phi) is 4.03. The van der Waals surface area contributed by atoms with Crippen molar-refractivity contribution in [2.45, 2.75) is 13.0 Å². The van der Waals surface area contributed by atoms with Gasteiger partial charge < -0.3 is 16.0 Å². The first-order valence-electron chi connectivity index (χ1n) is 7.82. The fraction of sp³-hybridized carbons (Fsp3) is 0.235.